The molecule has 0 bridgehead atoms. The first-order chi connectivity index (χ1) is 11.1. The summed E-state index contributed by atoms with van der Waals surface area (Å²) in [5, 5.41) is 9.50. The van der Waals surface area contributed by atoms with Gasteiger partial charge >= 0.3 is 0 Å². The summed E-state index contributed by atoms with van der Waals surface area (Å²) in [7, 11) is 3.20. The molecule has 0 aliphatic carbocycles. The highest BCUT2D eigenvalue weighted by molar-refractivity contribution is 5.97. The Hall–Kier alpha value is -3.15. The number of benzene rings is 1. The van der Waals surface area contributed by atoms with Crippen LogP contribution in [0.5, 0.6) is 0 Å². The van der Waals surface area contributed by atoms with Crippen molar-refractivity contribution < 1.29 is 9.59 Å². The molecule has 2 amide bonds. The minimum Gasteiger partial charge on any atom is -0.355 e. The predicted molar refractivity (Wildman–Crippen MR) is 87.4 cm³/mol. The van der Waals surface area contributed by atoms with Gasteiger partial charge in [0.05, 0.1) is 11.7 Å². The van der Waals surface area contributed by atoms with E-state index in [0.717, 1.165) is 16.6 Å². The lowest BCUT2D eigenvalue weighted by Crippen LogP contribution is -2.17. The number of nitrogens with zero attached hydrogens (tertiary/aromatic N) is 2. The molecular formula is C17H16N4O2. The largest absolute Gasteiger partial charge is 0.355 e. The molecule has 2 N–H and O–H groups in total. The molecule has 0 atom stereocenters. The Bertz CT molecular complexity index is 881. The van der Waals surface area contributed by atoms with Gasteiger partial charge in [0, 0.05) is 37.0 Å². The van der Waals surface area contributed by atoms with E-state index >= 15 is 0 Å². The molecule has 1 aromatic carbocycles. The molecule has 3 rings (SSSR count). The second-order valence-corrected chi connectivity index (χ2v) is 5.04. The fourth-order valence-electron chi connectivity index (χ4n) is 2.43. The van der Waals surface area contributed by atoms with Gasteiger partial charge in [-0.3, -0.25) is 9.59 Å². The highest BCUT2D eigenvalue weighted by Gasteiger charge is 2.11. The van der Waals surface area contributed by atoms with Crippen molar-refractivity contribution in [3.63, 3.8) is 0 Å². The molecular weight excluding hydrogens is 292 g/mol. The summed E-state index contributed by atoms with van der Waals surface area (Å²) in [6.07, 6.45) is 3.50. The molecule has 0 radical (unpaired) electrons. The number of amides is 2. The standard InChI is InChI=1S/C17H16N4O2/c1-18-16(22)12-5-3-11(4-6-12)14-10-20-21-8-7-13(9-15(14)21)17(23)19-2/h3-10H,1-2H3,(H,18,22)(H,19,23). The average Bonchev–Trinajstić information content (AvgIpc) is 3.03. The number of carbonyl (C=O) groups is 2. The molecule has 116 valence electrons. The lowest BCUT2D eigenvalue weighted by atomic mass is 10.0. The maximum Gasteiger partial charge on any atom is 0.251 e. The van der Waals surface area contributed by atoms with Gasteiger partial charge in [-0.1, -0.05) is 12.1 Å². The van der Waals surface area contributed by atoms with E-state index in [1.807, 2.05) is 12.1 Å². The van der Waals surface area contributed by atoms with Crippen molar-refractivity contribution in [2.24, 2.45) is 0 Å². The average molecular weight is 308 g/mol. The molecule has 6 nitrogen and oxygen atoms in total. The molecule has 0 aliphatic heterocycles. The summed E-state index contributed by atoms with van der Waals surface area (Å²) in [6.45, 7) is 0. The van der Waals surface area contributed by atoms with Gasteiger partial charge in [-0.05, 0) is 29.8 Å². The maximum absolute atomic E-state index is 11.8. The highest BCUT2D eigenvalue weighted by atomic mass is 16.2. The fourth-order valence-corrected chi connectivity index (χ4v) is 2.43. The first kappa shape index (κ1) is 14.8. The Morgan fingerprint density at radius 3 is 2.26 bits per heavy atom. The molecule has 2 heterocycles. The van der Waals surface area contributed by atoms with Crippen LogP contribution in [0, 0.1) is 0 Å². The molecule has 3 aromatic rings. The molecule has 23 heavy (non-hydrogen) atoms. The summed E-state index contributed by atoms with van der Waals surface area (Å²) in [5.74, 6) is -0.270. The summed E-state index contributed by atoms with van der Waals surface area (Å²) in [4.78, 5) is 23.4. The highest BCUT2D eigenvalue weighted by Crippen LogP contribution is 2.25. The Kier molecular flexibility index (Phi) is 3.80. The third-order valence-electron chi connectivity index (χ3n) is 3.70. The monoisotopic (exact) mass is 308 g/mol. The van der Waals surface area contributed by atoms with Crippen LogP contribution in [0.25, 0.3) is 16.6 Å². The minimum absolute atomic E-state index is 0.127. The zero-order valence-corrected chi connectivity index (χ0v) is 12.8. The molecule has 0 unspecified atom stereocenters. The Morgan fingerprint density at radius 2 is 1.61 bits per heavy atom. The van der Waals surface area contributed by atoms with E-state index in [4.69, 9.17) is 0 Å². The molecule has 0 spiro atoms. The summed E-state index contributed by atoms with van der Waals surface area (Å²) >= 11 is 0. The van der Waals surface area contributed by atoms with Crippen molar-refractivity contribution in [2.45, 2.75) is 0 Å². The predicted octanol–water partition coefficient (Wildman–Crippen LogP) is 1.72. The van der Waals surface area contributed by atoms with E-state index in [-0.39, 0.29) is 11.8 Å². The molecule has 0 fully saturated rings. The van der Waals surface area contributed by atoms with Crippen molar-refractivity contribution >= 4 is 17.3 Å². The van der Waals surface area contributed by atoms with Crippen LogP contribution in [0.3, 0.4) is 0 Å². The number of carbonyl (C=O) groups excluding carboxylic acids is 2. The summed E-state index contributed by atoms with van der Waals surface area (Å²) < 4.78 is 1.72. The minimum atomic E-state index is -0.144. The quantitative estimate of drug-likeness (QED) is 0.773. The first-order valence-electron chi connectivity index (χ1n) is 7.16. The van der Waals surface area contributed by atoms with Gasteiger partial charge in [0.15, 0.2) is 0 Å². The van der Waals surface area contributed by atoms with Crippen LogP contribution in [0.15, 0.2) is 48.8 Å². The van der Waals surface area contributed by atoms with E-state index in [2.05, 4.69) is 15.7 Å². The van der Waals surface area contributed by atoms with Crippen LogP contribution in [0.2, 0.25) is 0 Å². The van der Waals surface area contributed by atoms with Crippen LogP contribution in [0.1, 0.15) is 20.7 Å². The lowest BCUT2D eigenvalue weighted by Gasteiger charge is -2.04. The number of nitrogens with one attached hydrogen (secondary N) is 2. The van der Waals surface area contributed by atoms with Gasteiger partial charge in [-0.15, -0.1) is 0 Å². The number of hydrogen-bond acceptors (Lipinski definition) is 3. The summed E-state index contributed by atoms with van der Waals surface area (Å²) in [6, 6.07) is 10.8. The third-order valence-corrected chi connectivity index (χ3v) is 3.70. The van der Waals surface area contributed by atoms with Gasteiger partial charge in [0.1, 0.15) is 0 Å². The zero-order valence-electron chi connectivity index (χ0n) is 12.8. The van der Waals surface area contributed by atoms with Crippen LogP contribution >= 0.6 is 0 Å². The van der Waals surface area contributed by atoms with Crippen molar-refractivity contribution in [1.29, 1.82) is 0 Å². The molecule has 6 heteroatoms. The maximum atomic E-state index is 11.8. The van der Waals surface area contributed by atoms with Crippen molar-refractivity contribution in [1.82, 2.24) is 20.2 Å². The smallest absolute Gasteiger partial charge is 0.251 e. The molecule has 0 aliphatic rings. The van der Waals surface area contributed by atoms with Crippen molar-refractivity contribution in [3.05, 3.63) is 59.9 Å². The number of pyridine rings is 1. The van der Waals surface area contributed by atoms with Crippen LogP contribution < -0.4 is 10.6 Å². The van der Waals surface area contributed by atoms with Gasteiger partial charge in [-0.25, -0.2) is 4.52 Å². The second-order valence-electron chi connectivity index (χ2n) is 5.04. The number of rotatable bonds is 3. The number of hydrogen-bond donors (Lipinski definition) is 2. The van der Waals surface area contributed by atoms with E-state index in [1.165, 1.54) is 0 Å². The van der Waals surface area contributed by atoms with Gasteiger partial charge < -0.3 is 10.6 Å². The van der Waals surface area contributed by atoms with E-state index in [9.17, 15) is 9.59 Å². The van der Waals surface area contributed by atoms with Gasteiger partial charge in [-0.2, -0.15) is 5.10 Å². The SMILES string of the molecule is CNC(=O)c1ccc(-c2cnn3ccc(C(=O)NC)cc23)cc1. The second kappa shape index (κ2) is 5.92. The number of fused-ring (bicyclic) bond motifs is 1. The van der Waals surface area contributed by atoms with Crippen LogP contribution in [0.4, 0.5) is 0 Å². The first-order valence-corrected chi connectivity index (χ1v) is 7.16. The van der Waals surface area contributed by atoms with Crippen LogP contribution in [-0.4, -0.2) is 35.5 Å². The third kappa shape index (κ3) is 2.66. The zero-order chi connectivity index (χ0) is 16.4. The lowest BCUT2D eigenvalue weighted by molar-refractivity contribution is 0.0955. The number of aromatic nitrogens is 2. The Morgan fingerprint density at radius 1 is 0.957 bits per heavy atom. The molecule has 0 saturated heterocycles. The fraction of sp³-hybridized carbons (Fsp3) is 0.118. The van der Waals surface area contributed by atoms with E-state index in [1.54, 1.807) is 55.3 Å². The van der Waals surface area contributed by atoms with Crippen molar-refractivity contribution in [3.8, 4) is 11.1 Å². The summed E-state index contributed by atoms with van der Waals surface area (Å²) in [5.41, 5.74) is 3.84. The molecule has 0 saturated carbocycles. The molecule has 2 aromatic heterocycles. The van der Waals surface area contributed by atoms with Crippen LogP contribution in [-0.2, 0) is 0 Å². The van der Waals surface area contributed by atoms with Gasteiger partial charge in [0.25, 0.3) is 11.8 Å². The van der Waals surface area contributed by atoms with E-state index < -0.39 is 0 Å². The normalized spacial score (nSPS) is 10.5. The van der Waals surface area contributed by atoms with Crippen molar-refractivity contribution in [2.75, 3.05) is 14.1 Å². The topological polar surface area (TPSA) is 75.5 Å². The Labute approximate surface area is 133 Å². The Balaban J connectivity index is 2.05. The van der Waals surface area contributed by atoms with Gasteiger partial charge in [0.2, 0.25) is 0 Å². The van der Waals surface area contributed by atoms with E-state index in [0.29, 0.717) is 11.1 Å².